The Kier molecular flexibility index (Phi) is 6.30. The van der Waals surface area contributed by atoms with E-state index in [1.54, 1.807) is 31.4 Å². The van der Waals surface area contributed by atoms with Gasteiger partial charge in [-0.3, -0.25) is 4.79 Å². The molecule has 0 fully saturated rings. The van der Waals surface area contributed by atoms with Crippen molar-refractivity contribution < 1.29 is 17.9 Å². The van der Waals surface area contributed by atoms with E-state index in [-0.39, 0.29) is 17.3 Å². The van der Waals surface area contributed by atoms with Gasteiger partial charge < -0.3 is 10.1 Å². The minimum Gasteiger partial charge on any atom is -0.497 e. The molecule has 0 aromatic heterocycles. The van der Waals surface area contributed by atoms with Gasteiger partial charge in [0.25, 0.3) is 0 Å². The first-order chi connectivity index (χ1) is 15.4. The van der Waals surface area contributed by atoms with Gasteiger partial charge in [0.15, 0.2) is 0 Å². The van der Waals surface area contributed by atoms with Gasteiger partial charge in [0, 0.05) is 13.1 Å². The van der Waals surface area contributed by atoms with Gasteiger partial charge in [-0.05, 0) is 54.3 Å². The van der Waals surface area contributed by atoms with Crippen molar-refractivity contribution in [1.29, 1.82) is 0 Å². The maximum Gasteiger partial charge on any atom is 0.244 e. The Morgan fingerprint density at radius 2 is 1.66 bits per heavy atom. The van der Waals surface area contributed by atoms with Crippen LogP contribution >= 0.6 is 0 Å². The normalized spacial score (nSPS) is 16.2. The Morgan fingerprint density at radius 3 is 2.31 bits per heavy atom. The molecule has 1 heterocycles. The van der Waals surface area contributed by atoms with Crippen LogP contribution in [-0.2, 0) is 34.3 Å². The average Bonchev–Trinajstić information content (AvgIpc) is 2.82. The molecule has 4 rings (SSSR count). The lowest BCUT2D eigenvalue weighted by atomic mass is 9.95. The van der Waals surface area contributed by atoms with E-state index in [4.69, 9.17) is 4.74 Å². The zero-order chi connectivity index (χ0) is 22.7. The van der Waals surface area contributed by atoms with Gasteiger partial charge >= 0.3 is 0 Å². The van der Waals surface area contributed by atoms with Gasteiger partial charge in [0.2, 0.25) is 15.9 Å². The lowest BCUT2D eigenvalue weighted by Crippen LogP contribution is -2.52. The number of amides is 1. The lowest BCUT2D eigenvalue weighted by molar-refractivity contribution is -0.125. The summed E-state index contributed by atoms with van der Waals surface area (Å²) in [6, 6.07) is 21.0. The van der Waals surface area contributed by atoms with E-state index in [0.717, 1.165) is 28.0 Å². The van der Waals surface area contributed by atoms with Crippen molar-refractivity contribution in [3.05, 3.63) is 95.1 Å². The molecule has 7 heteroatoms. The van der Waals surface area contributed by atoms with Crippen LogP contribution in [0.1, 0.15) is 22.3 Å². The number of carbonyl (C=O) groups is 1. The van der Waals surface area contributed by atoms with Gasteiger partial charge in [0.1, 0.15) is 11.8 Å². The predicted molar refractivity (Wildman–Crippen MR) is 123 cm³/mol. The van der Waals surface area contributed by atoms with Crippen LogP contribution < -0.4 is 10.1 Å². The number of methoxy groups -OCH3 is 1. The van der Waals surface area contributed by atoms with E-state index in [9.17, 15) is 13.2 Å². The first-order valence-corrected chi connectivity index (χ1v) is 11.9. The Labute approximate surface area is 188 Å². The maximum atomic E-state index is 13.5. The van der Waals surface area contributed by atoms with Gasteiger partial charge in [-0.2, -0.15) is 4.31 Å². The molecular weight excluding hydrogens is 424 g/mol. The van der Waals surface area contributed by atoms with Gasteiger partial charge in [0.05, 0.1) is 12.0 Å². The summed E-state index contributed by atoms with van der Waals surface area (Å²) >= 11 is 0. The number of benzene rings is 3. The lowest BCUT2D eigenvalue weighted by Gasteiger charge is -2.35. The van der Waals surface area contributed by atoms with Crippen molar-refractivity contribution in [2.45, 2.75) is 37.4 Å². The Bertz CT molecular complexity index is 1210. The van der Waals surface area contributed by atoms with Crippen molar-refractivity contribution in [2.24, 2.45) is 0 Å². The van der Waals surface area contributed by atoms with E-state index in [2.05, 4.69) is 5.32 Å². The monoisotopic (exact) mass is 450 g/mol. The van der Waals surface area contributed by atoms with Crippen LogP contribution in [0.25, 0.3) is 0 Å². The fraction of sp³-hybridized carbons (Fsp3) is 0.240. The molecule has 1 aliphatic heterocycles. The Hall–Kier alpha value is -3.16. The fourth-order valence-corrected chi connectivity index (χ4v) is 5.44. The first-order valence-electron chi connectivity index (χ1n) is 10.4. The highest BCUT2D eigenvalue weighted by Crippen LogP contribution is 2.29. The highest BCUT2D eigenvalue weighted by atomic mass is 32.2. The van der Waals surface area contributed by atoms with Gasteiger partial charge in [-0.15, -0.1) is 0 Å². The molecule has 0 aliphatic carbocycles. The van der Waals surface area contributed by atoms with Crippen LogP contribution in [0.5, 0.6) is 5.75 Å². The number of hydrogen-bond acceptors (Lipinski definition) is 4. The van der Waals surface area contributed by atoms with Crippen LogP contribution in [0, 0.1) is 6.92 Å². The predicted octanol–water partition coefficient (Wildman–Crippen LogP) is 3.44. The van der Waals surface area contributed by atoms with E-state index in [1.807, 2.05) is 55.5 Å². The standard InChI is InChI=1S/C25H26N2O4S/c1-18-7-13-23(14-8-18)32(29,30)27-17-21-6-4-3-5-20(21)15-24(27)25(28)26-16-19-9-11-22(31-2)12-10-19/h3-14,24H,15-17H2,1-2H3,(H,26,28). The van der Waals surface area contributed by atoms with Crippen LogP contribution in [-0.4, -0.2) is 31.8 Å². The average molecular weight is 451 g/mol. The minimum atomic E-state index is -3.85. The molecule has 1 atom stereocenters. The second-order valence-corrected chi connectivity index (χ2v) is 9.81. The third-order valence-corrected chi connectivity index (χ3v) is 7.63. The second kappa shape index (κ2) is 9.14. The zero-order valence-electron chi connectivity index (χ0n) is 18.1. The molecule has 3 aromatic rings. The van der Waals surface area contributed by atoms with Crippen molar-refractivity contribution in [3.8, 4) is 5.75 Å². The van der Waals surface area contributed by atoms with Crippen LogP contribution in [0.3, 0.4) is 0 Å². The molecule has 1 N–H and O–H groups in total. The van der Waals surface area contributed by atoms with Crippen molar-refractivity contribution in [2.75, 3.05) is 7.11 Å². The number of rotatable bonds is 6. The molecule has 1 unspecified atom stereocenters. The molecular formula is C25H26N2O4S. The highest BCUT2D eigenvalue weighted by Gasteiger charge is 2.39. The number of hydrogen-bond donors (Lipinski definition) is 1. The smallest absolute Gasteiger partial charge is 0.244 e. The Balaban J connectivity index is 1.60. The summed E-state index contributed by atoms with van der Waals surface area (Å²) in [4.78, 5) is 13.4. The number of fused-ring (bicyclic) bond motifs is 1. The van der Waals surface area contributed by atoms with E-state index >= 15 is 0 Å². The van der Waals surface area contributed by atoms with Crippen molar-refractivity contribution in [3.63, 3.8) is 0 Å². The summed E-state index contributed by atoms with van der Waals surface area (Å²) in [5.41, 5.74) is 3.79. The summed E-state index contributed by atoms with van der Waals surface area (Å²) in [5, 5.41) is 2.91. The molecule has 3 aromatic carbocycles. The number of nitrogens with zero attached hydrogens (tertiary/aromatic N) is 1. The Morgan fingerprint density at radius 1 is 1.00 bits per heavy atom. The van der Waals surface area contributed by atoms with Gasteiger partial charge in [-0.25, -0.2) is 8.42 Å². The number of carbonyl (C=O) groups excluding carboxylic acids is 1. The largest absolute Gasteiger partial charge is 0.497 e. The molecule has 1 amide bonds. The fourth-order valence-electron chi connectivity index (χ4n) is 3.87. The van der Waals surface area contributed by atoms with Gasteiger partial charge in [-0.1, -0.05) is 54.1 Å². The van der Waals surface area contributed by atoms with E-state index < -0.39 is 16.1 Å². The van der Waals surface area contributed by atoms with E-state index in [1.165, 1.54) is 4.31 Å². The summed E-state index contributed by atoms with van der Waals surface area (Å²) in [7, 11) is -2.25. The summed E-state index contributed by atoms with van der Waals surface area (Å²) in [5.74, 6) is 0.422. The highest BCUT2D eigenvalue weighted by molar-refractivity contribution is 7.89. The third kappa shape index (κ3) is 4.54. The van der Waals surface area contributed by atoms with Crippen LogP contribution in [0.4, 0.5) is 0 Å². The molecule has 1 aliphatic rings. The number of ether oxygens (including phenoxy) is 1. The molecule has 166 valence electrons. The topological polar surface area (TPSA) is 75.7 Å². The second-order valence-electron chi connectivity index (χ2n) is 7.92. The SMILES string of the molecule is COc1ccc(CNC(=O)C2Cc3ccccc3CN2S(=O)(=O)c2ccc(C)cc2)cc1. The number of aryl methyl sites for hydroxylation is 1. The van der Waals surface area contributed by atoms with Crippen LogP contribution in [0.2, 0.25) is 0 Å². The first kappa shape index (κ1) is 22.0. The third-order valence-electron chi connectivity index (χ3n) is 5.76. The maximum absolute atomic E-state index is 13.5. The zero-order valence-corrected chi connectivity index (χ0v) is 18.9. The summed E-state index contributed by atoms with van der Waals surface area (Å²) in [6.45, 7) is 2.37. The molecule has 0 saturated heterocycles. The molecule has 0 radical (unpaired) electrons. The molecule has 0 bridgehead atoms. The minimum absolute atomic E-state index is 0.160. The summed E-state index contributed by atoms with van der Waals surface area (Å²) < 4.78 is 33.5. The quantitative estimate of drug-likeness (QED) is 0.624. The molecule has 0 spiro atoms. The number of sulfonamides is 1. The molecule has 0 saturated carbocycles. The van der Waals surface area contributed by atoms with E-state index in [0.29, 0.717) is 13.0 Å². The van der Waals surface area contributed by atoms with Crippen LogP contribution in [0.15, 0.2) is 77.7 Å². The number of nitrogens with one attached hydrogen (secondary N) is 1. The van der Waals surface area contributed by atoms with Crippen molar-refractivity contribution in [1.82, 2.24) is 9.62 Å². The van der Waals surface area contributed by atoms with Crippen molar-refractivity contribution >= 4 is 15.9 Å². The molecule has 32 heavy (non-hydrogen) atoms. The summed E-state index contributed by atoms with van der Waals surface area (Å²) in [6.07, 6.45) is 0.329. The molecule has 6 nitrogen and oxygen atoms in total.